The number of β-amino-alcohol motifs (C(OH)–C–C–N with tert-alkyl or cyclic N) is 1. The van der Waals surface area contributed by atoms with Gasteiger partial charge in [0, 0.05) is 71.0 Å². The van der Waals surface area contributed by atoms with Crippen LogP contribution in [0.1, 0.15) is 80.8 Å². The number of piperazine rings is 1. The predicted octanol–water partition coefficient (Wildman–Crippen LogP) is 7.62. The lowest BCUT2D eigenvalue weighted by atomic mass is 9.85. The van der Waals surface area contributed by atoms with Crippen molar-refractivity contribution in [3.8, 4) is 27.7 Å². The molecule has 14 nitrogen and oxygen atoms in total. The molecule has 5 aromatic rings. The van der Waals surface area contributed by atoms with Gasteiger partial charge in [0.05, 0.1) is 22.2 Å². The molecule has 0 radical (unpaired) electrons. The van der Waals surface area contributed by atoms with E-state index < -0.39 is 29.5 Å². The summed E-state index contributed by atoms with van der Waals surface area (Å²) in [7, 11) is 0. The van der Waals surface area contributed by atoms with Gasteiger partial charge in [-0.1, -0.05) is 81.4 Å². The molecule has 376 valence electrons. The van der Waals surface area contributed by atoms with E-state index in [1.54, 1.807) is 35.6 Å². The van der Waals surface area contributed by atoms with E-state index in [2.05, 4.69) is 20.5 Å². The summed E-state index contributed by atoms with van der Waals surface area (Å²) >= 11 is 7.88. The zero-order valence-electron chi connectivity index (χ0n) is 40.9. The number of hydrogen-bond donors (Lipinski definition) is 5. The van der Waals surface area contributed by atoms with Crippen LogP contribution in [0.15, 0.2) is 103 Å². The molecule has 1 aromatic heterocycles. The summed E-state index contributed by atoms with van der Waals surface area (Å²) in [4.78, 5) is 65.0. The van der Waals surface area contributed by atoms with Gasteiger partial charge in [0.1, 0.15) is 35.9 Å². The van der Waals surface area contributed by atoms with Gasteiger partial charge in [-0.15, -0.1) is 22.9 Å². The van der Waals surface area contributed by atoms with Crippen molar-refractivity contribution in [2.75, 3.05) is 51.8 Å². The van der Waals surface area contributed by atoms with Crippen LogP contribution in [0.4, 0.5) is 0 Å². The molecule has 71 heavy (non-hydrogen) atoms. The summed E-state index contributed by atoms with van der Waals surface area (Å²) in [6.45, 7) is 11.4. The SMILES string of the molecule is Cc1ncsc1-c1ccc(CNC(=O)[C@@H]2C[C@@H](O)CN2C(=O)[C@@H](NC(=O)CCCC(=O)N2CCN(CCOc3ccc(C(=C(CCCl)c4ccc(O)cc4)c4ccc(O)cc4)cc3)CC2)C(C)(C)C)cc1. The van der Waals surface area contributed by atoms with Gasteiger partial charge in [-0.25, -0.2) is 4.98 Å². The third-order valence-electron chi connectivity index (χ3n) is 13.1. The molecule has 0 aliphatic carbocycles. The summed E-state index contributed by atoms with van der Waals surface area (Å²) < 4.78 is 6.16. The fraction of sp³-hybridized carbons (Fsp3) is 0.400. The Morgan fingerprint density at radius 3 is 2.04 bits per heavy atom. The molecule has 0 bridgehead atoms. The molecule has 2 saturated heterocycles. The number of aliphatic hydroxyl groups excluding tert-OH is 1. The minimum atomic E-state index is -0.955. The number of alkyl halides is 1. The Kier molecular flexibility index (Phi) is 17.9. The fourth-order valence-electron chi connectivity index (χ4n) is 9.12. The first kappa shape index (κ1) is 52.6. The van der Waals surface area contributed by atoms with Crippen molar-refractivity contribution >= 4 is 57.7 Å². The molecule has 4 amide bonds. The number of aromatic nitrogens is 1. The second kappa shape index (κ2) is 24.2. The summed E-state index contributed by atoms with van der Waals surface area (Å²) in [6.07, 6.45) is 0.368. The Morgan fingerprint density at radius 1 is 0.831 bits per heavy atom. The minimum Gasteiger partial charge on any atom is -0.508 e. The maximum absolute atomic E-state index is 14.1. The molecule has 2 aliphatic heterocycles. The average Bonchev–Trinajstić information content (AvgIpc) is 3.98. The Hall–Kier alpha value is -6.26. The molecule has 7 rings (SSSR count). The first-order valence-electron chi connectivity index (χ1n) is 24.2. The van der Waals surface area contributed by atoms with E-state index in [0.717, 1.165) is 55.3 Å². The summed E-state index contributed by atoms with van der Waals surface area (Å²) in [6, 6.07) is 28.0. The molecular formula is C55H65ClN6O8S. The number of nitrogens with one attached hydrogen (secondary N) is 2. The Labute approximate surface area is 425 Å². The first-order chi connectivity index (χ1) is 34.1. The number of hydrogen-bond acceptors (Lipinski definition) is 11. The number of allylic oxidation sites excluding steroid dienone is 1. The topological polar surface area (TPSA) is 185 Å². The number of benzene rings is 4. The number of carbonyl (C=O) groups excluding carboxylic acids is 4. The number of amides is 4. The van der Waals surface area contributed by atoms with Crippen LogP contribution >= 0.6 is 22.9 Å². The van der Waals surface area contributed by atoms with Crippen molar-refractivity contribution in [2.45, 2.75) is 84.5 Å². The maximum Gasteiger partial charge on any atom is 0.246 e. The molecule has 0 unspecified atom stereocenters. The second-order valence-corrected chi connectivity index (χ2v) is 20.5. The Morgan fingerprint density at radius 2 is 1.45 bits per heavy atom. The van der Waals surface area contributed by atoms with Crippen LogP contribution < -0.4 is 15.4 Å². The van der Waals surface area contributed by atoms with Crippen LogP contribution in [-0.4, -0.2) is 129 Å². The maximum atomic E-state index is 14.1. The van der Waals surface area contributed by atoms with Crippen LogP contribution in [0.5, 0.6) is 17.2 Å². The number of nitrogens with zero attached hydrogens (tertiary/aromatic N) is 4. The van der Waals surface area contributed by atoms with Gasteiger partial charge in [0.15, 0.2) is 0 Å². The number of rotatable bonds is 19. The summed E-state index contributed by atoms with van der Waals surface area (Å²) in [5, 5.41) is 36.4. The number of likely N-dealkylation sites (tertiary alicyclic amines) is 1. The highest BCUT2D eigenvalue weighted by molar-refractivity contribution is 7.13. The third kappa shape index (κ3) is 14.0. The van der Waals surface area contributed by atoms with Gasteiger partial charge in [-0.2, -0.15) is 0 Å². The van der Waals surface area contributed by atoms with Crippen molar-refractivity contribution in [2.24, 2.45) is 5.41 Å². The van der Waals surface area contributed by atoms with Crippen molar-refractivity contribution in [3.63, 3.8) is 0 Å². The van der Waals surface area contributed by atoms with E-state index in [-0.39, 0.29) is 61.6 Å². The van der Waals surface area contributed by atoms with Crippen molar-refractivity contribution in [1.82, 2.24) is 30.3 Å². The molecule has 3 heterocycles. The first-order valence-corrected chi connectivity index (χ1v) is 25.7. The normalized spacial score (nSPS) is 17.1. The Bertz CT molecular complexity index is 2630. The fourth-order valence-corrected chi connectivity index (χ4v) is 10.1. The van der Waals surface area contributed by atoms with E-state index in [4.69, 9.17) is 16.3 Å². The molecule has 2 fully saturated rings. The van der Waals surface area contributed by atoms with E-state index >= 15 is 0 Å². The molecule has 16 heteroatoms. The van der Waals surface area contributed by atoms with Crippen molar-refractivity contribution < 1.29 is 39.2 Å². The van der Waals surface area contributed by atoms with E-state index in [1.165, 1.54) is 4.90 Å². The van der Waals surface area contributed by atoms with Crippen LogP contribution in [-0.2, 0) is 25.7 Å². The molecule has 2 aliphatic rings. The Balaban J connectivity index is 0.842. The lowest BCUT2D eigenvalue weighted by molar-refractivity contribution is -0.144. The highest BCUT2D eigenvalue weighted by atomic mass is 35.5. The quantitative estimate of drug-likeness (QED) is 0.0408. The van der Waals surface area contributed by atoms with Crippen LogP contribution in [0.2, 0.25) is 0 Å². The van der Waals surface area contributed by atoms with E-state index in [1.807, 2.05) is 111 Å². The lowest BCUT2D eigenvalue weighted by Crippen LogP contribution is -2.57. The predicted molar refractivity (Wildman–Crippen MR) is 278 cm³/mol. The third-order valence-corrected chi connectivity index (χ3v) is 14.2. The van der Waals surface area contributed by atoms with Gasteiger partial charge < -0.3 is 40.5 Å². The number of thiazole rings is 1. The van der Waals surface area contributed by atoms with E-state index in [9.17, 15) is 34.5 Å². The van der Waals surface area contributed by atoms with Crippen molar-refractivity contribution in [3.05, 3.63) is 131 Å². The van der Waals surface area contributed by atoms with Crippen molar-refractivity contribution in [1.29, 1.82) is 0 Å². The number of phenolic OH excluding ortho intramolecular Hbond substituents is 2. The zero-order chi connectivity index (χ0) is 50.7. The van der Waals surface area contributed by atoms with Crippen LogP contribution in [0.3, 0.4) is 0 Å². The highest BCUT2D eigenvalue weighted by Crippen LogP contribution is 2.37. The summed E-state index contributed by atoms with van der Waals surface area (Å²) in [5.74, 6) is 0.280. The number of ether oxygens (including phenoxy) is 1. The number of carbonyl (C=O) groups is 4. The van der Waals surface area contributed by atoms with Crippen LogP contribution in [0, 0.1) is 12.3 Å². The summed E-state index contributed by atoms with van der Waals surface area (Å²) in [5.41, 5.74) is 8.79. The highest BCUT2D eigenvalue weighted by Gasteiger charge is 2.44. The lowest BCUT2D eigenvalue weighted by Gasteiger charge is -2.35. The number of aromatic hydroxyl groups is 2. The second-order valence-electron chi connectivity index (χ2n) is 19.3. The zero-order valence-corrected chi connectivity index (χ0v) is 42.5. The molecule has 4 aromatic carbocycles. The van der Waals surface area contributed by atoms with E-state index in [0.29, 0.717) is 58.1 Å². The standard InChI is InChI=1S/C55H65ClN6O8S/c1-36-51(71-35-58-36)41-10-8-37(9-11-41)33-57-53(68)47-32-44(65)34-62(47)54(69)52(55(2,3)4)59-48(66)6-5-7-49(67)61-28-26-60(27-29-61)30-31-70-45-22-16-40(17-23-45)50(39-14-20-43(64)21-15-39)46(24-25-56)38-12-18-42(63)19-13-38/h8-23,35,44,47,52,63-65H,5-7,24-34H2,1-4H3,(H,57,68)(H,59,66)/t44-,47+,52-/m1/s1. The molecule has 0 saturated carbocycles. The van der Waals surface area contributed by atoms with Gasteiger partial charge in [-0.3, -0.25) is 24.1 Å². The van der Waals surface area contributed by atoms with Gasteiger partial charge in [0.25, 0.3) is 0 Å². The van der Waals surface area contributed by atoms with Gasteiger partial charge in [0.2, 0.25) is 23.6 Å². The average molecular weight is 1010 g/mol. The number of halogens is 1. The number of aryl methyl sites for hydroxylation is 1. The molecule has 3 atom stereocenters. The largest absolute Gasteiger partial charge is 0.508 e. The molecule has 0 spiro atoms. The van der Waals surface area contributed by atoms with Gasteiger partial charge >= 0.3 is 0 Å². The molecule has 5 N–H and O–H groups in total. The minimum absolute atomic E-state index is 0.0191. The smallest absolute Gasteiger partial charge is 0.246 e. The molecular weight excluding hydrogens is 940 g/mol. The van der Waals surface area contributed by atoms with Crippen LogP contribution in [0.25, 0.3) is 21.6 Å². The van der Waals surface area contributed by atoms with Gasteiger partial charge in [-0.05, 0) is 101 Å². The number of aliphatic hydroxyl groups is 1. The monoisotopic (exact) mass is 1000 g/mol. The number of phenols is 2.